The van der Waals surface area contributed by atoms with Gasteiger partial charge in [0.25, 0.3) is 0 Å². The Balaban J connectivity index is 0.000000873. The van der Waals surface area contributed by atoms with Crippen LogP contribution in [-0.2, 0) is 16.1 Å². The first-order chi connectivity index (χ1) is 19.9. The highest BCUT2D eigenvalue weighted by molar-refractivity contribution is 5.80. The van der Waals surface area contributed by atoms with E-state index in [0.29, 0.717) is 17.8 Å². The van der Waals surface area contributed by atoms with E-state index in [1.54, 1.807) is 12.3 Å². The number of aliphatic hydroxyl groups excluding tert-OH is 1. The molecule has 1 heterocycles. The number of aliphatic hydroxyl groups is 1. The minimum Gasteiger partial charge on any atom is -0.387 e. The van der Waals surface area contributed by atoms with Crippen LogP contribution in [0, 0.1) is 17.0 Å². The molecule has 3 aromatic rings. The Morgan fingerprint density at radius 2 is 1.62 bits per heavy atom. The number of hydrogen-bond acceptors (Lipinski definition) is 4. The smallest absolute Gasteiger partial charge is 0.248 e. The molecule has 0 saturated heterocycles. The fourth-order valence-corrected chi connectivity index (χ4v) is 5.40. The lowest BCUT2D eigenvalue weighted by atomic mass is 9.82. The van der Waals surface area contributed by atoms with Crippen molar-refractivity contribution in [2.45, 2.75) is 77.9 Å². The fourth-order valence-electron chi connectivity index (χ4n) is 5.40. The van der Waals surface area contributed by atoms with Crippen molar-refractivity contribution in [3.63, 3.8) is 0 Å². The summed E-state index contributed by atoms with van der Waals surface area (Å²) >= 11 is 0. The zero-order chi connectivity index (χ0) is 30.9. The molecule has 228 valence electrons. The Morgan fingerprint density at radius 1 is 1.00 bits per heavy atom. The van der Waals surface area contributed by atoms with Gasteiger partial charge in [0.2, 0.25) is 11.8 Å². The molecule has 0 spiro atoms. The predicted molar refractivity (Wildman–Crippen MR) is 161 cm³/mol. The molecule has 42 heavy (non-hydrogen) atoms. The number of nitrogens with zero attached hydrogens (tertiary/aromatic N) is 2. The van der Waals surface area contributed by atoms with Gasteiger partial charge in [0.1, 0.15) is 18.2 Å². The lowest BCUT2D eigenvalue weighted by molar-refractivity contribution is -0.140. The Bertz CT molecular complexity index is 1310. The van der Waals surface area contributed by atoms with Gasteiger partial charge in [-0.1, -0.05) is 83.2 Å². The first-order valence-corrected chi connectivity index (χ1v) is 14.6. The first kappa shape index (κ1) is 32.9. The molecule has 5 N–H and O–H groups in total. The van der Waals surface area contributed by atoms with E-state index in [-0.39, 0.29) is 18.5 Å². The summed E-state index contributed by atoms with van der Waals surface area (Å²) < 4.78 is 30.7. The molecule has 1 saturated carbocycles. The van der Waals surface area contributed by atoms with Gasteiger partial charge in [0.05, 0.1) is 12.1 Å². The fraction of sp³-hybridized carbons (Fsp3) is 0.455. The van der Waals surface area contributed by atoms with Crippen LogP contribution in [-0.4, -0.2) is 45.6 Å². The molecule has 1 aliphatic carbocycles. The summed E-state index contributed by atoms with van der Waals surface area (Å²) in [5.41, 5.74) is 12.8. The summed E-state index contributed by atoms with van der Waals surface area (Å²) in [5.74, 6) is -2.39. The molecule has 2 unspecified atom stereocenters. The number of amides is 2. The zero-order valence-corrected chi connectivity index (χ0v) is 24.9. The average Bonchev–Trinajstić information content (AvgIpc) is 3.66. The molecule has 0 bridgehead atoms. The highest BCUT2D eigenvalue weighted by Crippen LogP contribution is 2.41. The number of carbonyl (C=O) groups is 2. The Kier molecular flexibility index (Phi) is 11.8. The van der Waals surface area contributed by atoms with E-state index in [0.717, 1.165) is 23.8 Å². The van der Waals surface area contributed by atoms with Crippen molar-refractivity contribution in [2.75, 3.05) is 13.2 Å². The number of benzene rings is 2. The minimum atomic E-state index is -0.970. The van der Waals surface area contributed by atoms with Crippen molar-refractivity contribution < 1.29 is 23.5 Å². The second kappa shape index (κ2) is 15.1. The summed E-state index contributed by atoms with van der Waals surface area (Å²) in [6.07, 6.45) is 9.33. The largest absolute Gasteiger partial charge is 0.387 e. The van der Waals surface area contributed by atoms with Gasteiger partial charge >= 0.3 is 0 Å². The van der Waals surface area contributed by atoms with Crippen LogP contribution in [0.1, 0.15) is 76.6 Å². The third-order valence-electron chi connectivity index (χ3n) is 7.53. The summed E-state index contributed by atoms with van der Waals surface area (Å²) in [7, 11) is 0. The maximum atomic E-state index is 14.8. The van der Waals surface area contributed by atoms with E-state index < -0.39 is 47.6 Å². The topological polar surface area (TPSA) is 115 Å². The Hall–Kier alpha value is -3.56. The number of hydrogen-bond donors (Lipinski definition) is 3. The van der Waals surface area contributed by atoms with Crippen molar-refractivity contribution in [3.8, 4) is 11.1 Å². The molecule has 1 aliphatic rings. The van der Waals surface area contributed by atoms with E-state index in [4.69, 9.17) is 11.5 Å². The van der Waals surface area contributed by atoms with Gasteiger partial charge in [0.15, 0.2) is 0 Å². The van der Waals surface area contributed by atoms with E-state index >= 15 is 0 Å². The summed E-state index contributed by atoms with van der Waals surface area (Å²) in [6.45, 7) is 5.53. The monoisotopic (exact) mass is 582 g/mol. The van der Waals surface area contributed by atoms with Crippen LogP contribution in [0.4, 0.5) is 8.78 Å². The maximum Gasteiger partial charge on any atom is 0.248 e. The molecule has 9 heteroatoms. The summed E-state index contributed by atoms with van der Waals surface area (Å²) in [6, 6.07) is 13.0. The number of rotatable bonds is 10. The highest BCUT2D eigenvalue weighted by Gasteiger charge is 2.37. The van der Waals surface area contributed by atoms with Gasteiger partial charge in [-0.05, 0) is 41.7 Å². The summed E-state index contributed by atoms with van der Waals surface area (Å²) in [5, 5.41) is 9.78. The molecule has 4 rings (SSSR count). The number of carbonyl (C=O) groups excluding carboxylic acids is 2. The SMILES string of the molecule is C1CCCC1.CC(C)(C)C(c1cc(-c2cc(F)ccc2F)cn1Cc1ccccc1)N(CCC(N)C(N)=O)C(=O)CO. The van der Waals surface area contributed by atoms with Gasteiger partial charge in [-0.2, -0.15) is 0 Å². The first-order valence-electron chi connectivity index (χ1n) is 14.6. The minimum absolute atomic E-state index is 0.0611. The van der Waals surface area contributed by atoms with Gasteiger partial charge in [0, 0.05) is 36.1 Å². The average molecular weight is 583 g/mol. The predicted octanol–water partition coefficient (Wildman–Crippen LogP) is 5.54. The van der Waals surface area contributed by atoms with Crippen molar-refractivity contribution in [2.24, 2.45) is 16.9 Å². The normalized spacial score (nSPS) is 14.5. The Morgan fingerprint density at radius 3 is 2.17 bits per heavy atom. The molecule has 2 atom stereocenters. The van der Waals surface area contributed by atoms with E-state index in [1.807, 2.05) is 55.7 Å². The molecule has 2 aromatic carbocycles. The molecular weight excluding hydrogens is 538 g/mol. The second-order valence-electron chi connectivity index (χ2n) is 12.0. The van der Waals surface area contributed by atoms with Crippen molar-refractivity contribution >= 4 is 11.8 Å². The van der Waals surface area contributed by atoms with E-state index in [9.17, 15) is 23.5 Å². The molecule has 1 aromatic heterocycles. The lowest BCUT2D eigenvalue weighted by Gasteiger charge is -2.41. The number of nitrogens with two attached hydrogens (primary N) is 2. The van der Waals surface area contributed by atoms with Crippen LogP contribution in [0.2, 0.25) is 0 Å². The number of aromatic nitrogens is 1. The maximum absolute atomic E-state index is 14.8. The molecule has 0 radical (unpaired) electrons. The van der Waals surface area contributed by atoms with Gasteiger partial charge in [-0.3, -0.25) is 9.59 Å². The van der Waals surface area contributed by atoms with Crippen LogP contribution < -0.4 is 11.5 Å². The van der Waals surface area contributed by atoms with Crippen LogP contribution in [0.5, 0.6) is 0 Å². The zero-order valence-electron chi connectivity index (χ0n) is 24.9. The summed E-state index contributed by atoms with van der Waals surface area (Å²) in [4.78, 5) is 26.0. The van der Waals surface area contributed by atoms with E-state index in [2.05, 4.69) is 0 Å². The molecule has 1 fully saturated rings. The quantitative estimate of drug-likeness (QED) is 0.291. The third-order valence-corrected chi connectivity index (χ3v) is 7.53. The number of primary amides is 1. The van der Waals surface area contributed by atoms with Crippen LogP contribution in [0.3, 0.4) is 0 Å². The van der Waals surface area contributed by atoms with Crippen LogP contribution in [0.25, 0.3) is 11.1 Å². The second-order valence-corrected chi connectivity index (χ2v) is 12.0. The Labute approximate surface area is 247 Å². The van der Waals surface area contributed by atoms with Gasteiger partial charge in [-0.15, -0.1) is 0 Å². The van der Waals surface area contributed by atoms with Crippen molar-refractivity contribution in [1.29, 1.82) is 0 Å². The van der Waals surface area contributed by atoms with Crippen LogP contribution in [0.15, 0.2) is 60.8 Å². The molecular formula is C33H44F2N4O3. The number of halogens is 2. The third kappa shape index (κ3) is 8.97. The lowest BCUT2D eigenvalue weighted by Crippen LogP contribution is -2.46. The van der Waals surface area contributed by atoms with Crippen molar-refractivity contribution in [1.82, 2.24) is 9.47 Å². The highest BCUT2D eigenvalue weighted by atomic mass is 19.1. The molecule has 0 aliphatic heterocycles. The van der Waals surface area contributed by atoms with Gasteiger partial charge in [-0.25, -0.2) is 8.78 Å². The van der Waals surface area contributed by atoms with Crippen LogP contribution >= 0.6 is 0 Å². The molecule has 7 nitrogen and oxygen atoms in total. The van der Waals surface area contributed by atoms with Gasteiger partial charge < -0.3 is 26.0 Å². The van der Waals surface area contributed by atoms with Crippen molar-refractivity contribution in [3.05, 3.63) is 83.7 Å². The standard InChI is InChI=1S/C28H34F2N4O3.C5H10/c1-28(2,3)26(34(25(36)17-35)12-11-23(31)27(32)37)24-13-19(21-14-20(29)9-10-22(21)30)16-33(24)15-18-7-5-4-6-8-18;1-2-4-5-3-1/h4-10,13-14,16,23,26,35H,11-12,15,17,31H2,1-3H3,(H2,32,37);1-5H2. The van der Waals surface area contributed by atoms with E-state index in [1.165, 1.54) is 37.0 Å². The molecule has 2 amide bonds.